The fourth-order valence-corrected chi connectivity index (χ4v) is 1.18. The summed E-state index contributed by atoms with van der Waals surface area (Å²) in [4.78, 5) is 4.03. The molecule has 0 atom stereocenters. The smallest absolute Gasteiger partial charge is 0.126 e. The van der Waals surface area contributed by atoms with E-state index < -0.39 is 0 Å². The molecule has 0 radical (unpaired) electrons. The summed E-state index contributed by atoms with van der Waals surface area (Å²) in [6.45, 7) is 4.00. The molecule has 2 N–H and O–H groups in total. The normalized spacial score (nSPS) is 9.36. The van der Waals surface area contributed by atoms with Gasteiger partial charge in [0, 0.05) is 11.6 Å². The van der Waals surface area contributed by atoms with Crippen LogP contribution in [0.3, 0.4) is 0 Å². The highest BCUT2D eigenvalue weighted by atomic mass is 19.1. The van der Waals surface area contributed by atoms with E-state index in [2.05, 4.69) is 4.98 Å². The van der Waals surface area contributed by atoms with Gasteiger partial charge < -0.3 is 5.73 Å². The third-order valence-corrected chi connectivity index (χ3v) is 1.70. The van der Waals surface area contributed by atoms with Gasteiger partial charge in [0.1, 0.15) is 5.82 Å². The molecule has 1 heterocycles. The van der Waals surface area contributed by atoms with Crippen molar-refractivity contribution in [3.8, 4) is 0 Å². The number of hydrogen-bond donors (Lipinski definition) is 1. The van der Waals surface area contributed by atoms with E-state index in [9.17, 15) is 4.39 Å². The van der Waals surface area contributed by atoms with Gasteiger partial charge >= 0.3 is 0 Å². The summed E-state index contributed by atoms with van der Waals surface area (Å²) >= 11 is 0. The second-order valence-electron chi connectivity index (χ2n) is 2.57. The van der Waals surface area contributed by atoms with E-state index in [1.54, 1.807) is 18.3 Å². The third-order valence-electron chi connectivity index (χ3n) is 1.70. The molecule has 14 heavy (non-hydrogen) atoms. The summed E-state index contributed by atoms with van der Waals surface area (Å²) < 4.78 is 12.8. The maximum absolute atomic E-state index is 12.8. The monoisotopic (exact) mass is 192 g/mol. The molecular weight excluding hydrogens is 179 g/mol. The average molecular weight is 192 g/mol. The highest BCUT2D eigenvalue weighted by Crippen LogP contribution is 2.19. The van der Waals surface area contributed by atoms with Crippen molar-refractivity contribution in [2.75, 3.05) is 5.73 Å². The standard InChI is InChI=1S/C9H7FN2.C2H6/c10-7-4-6-2-1-3-12-9(6)8(11)5-7;1-2/h1-5H,11H2;1-2H3. The van der Waals surface area contributed by atoms with Crippen LogP contribution in [0.15, 0.2) is 30.5 Å². The second kappa shape index (κ2) is 4.56. The van der Waals surface area contributed by atoms with Gasteiger partial charge in [-0.15, -0.1) is 0 Å². The zero-order valence-electron chi connectivity index (χ0n) is 8.29. The summed E-state index contributed by atoms with van der Waals surface area (Å²) in [5.41, 5.74) is 6.59. The lowest BCUT2D eigenvalue weighted by molar-refractivity contribution is 0.630. The Hall–Kier alpha value is -1.64. The first-order valence-corrected chi connectivity index (χ1v) is 4.57. The fourth-order valence-electron chi connectivity index (χ4n) is 1.18. The highest BCUT2D eigenvalue weighted by Gasteiger charge is 2.00. The minimum Gasteiger partial charge on any atom is -0.397 e. The summed E-state index contributed by atoms with van der Waals surface area (Å²) in [5.74, 6) is -0.326. The lowest BCUT2D eigenvalue weighted by atomic mass is 10.2. The molecule has 0 saturated heterocycles. The van der Waals surface area contributed by atoms with Gasteiger partial charge in [0.05, 0.1) is 11.2 Å². The first kappa shape index (κ1) is 10.4. The quantitative estimate of drug-likeness (QED) is 0.652. The maximum atomic E-state index is 12.8. The Bertz CT molecular complexity index is 427. The number of pyridine rings is 1. The predicted octanol–water partition coefficient (Wildman–Crippen LogP) is 2.98. The molecule has 3 heteroatoms. The zero-order chi connectivity index (χ0) is 10.6. The Balaban J connectivity index is 0.000000461. The molecule has 1 aromatic heterocycles. The molecule has 0 aliphatic heterocycles. The van der Waals surface area contributed by atoms with E-state index >= 15 is 0 Å². The van der Waals surface area contributed by atoms with Crippen molar-refractivity contribution in [2.24, 2.45) is 0 Å². The number of halogens is 1. The topological polar surface area (TPSA) is 38.9 Å². The van der Waals surface area contributed by atoms with Gasteiger partial charge in [0.25, 0.3) is 0 Å². The number of nitrogens with zero attached hydrogens (tertiary/aromatic N) is 1. The maximum Gasteiger partial charge on any atom is 0.126 e. The average Bonchev–Trinajstić information content (AvgIpc) is 2.20. The number of aromatic nitrogens is 1. The van der Waals surface area contributed by atoms with Crippen LogP contribution in [0.25, 0.3) is 10.9 Å². The molecule has 0 aliphatic carbocycles. The van der Waals surface area contributed by atoms with E-state index in [0.717, 1.165) is 5.39 Å². The third kappa shape index (κ3) is 1.99. The van der Waals surface area contributed by atoms with Gasteiger partial charge in [-0.1, -0.05) is 19.9 Å². The number of nitrogen functional groups attached to an aromatic ring is 1. The lowest BCUT2D eigenvalue weighted by Crippen LogP contribution is -1.90. The van der Waals surface area contributed by atoms with Crippen LogP contribution in [0.2, 0.25) is 0 Å². The number of fused-ring (bicyclic) bond motifs is 1. The SMILES string of the molecule is CC.Nc1cc(F)cc2cccnc12. The molecule has 0 fully saturated rings. The number of rotatable bonds is 0. The molecule has 0 bridgehead atoms. The van der Waals surface area contributed by atoms with Crippen molar-refractivity contribution in [3.63, 3.8) is 0 Å². The van der Waals surface area contributed by atoms with E-state index in [-0.39, 0.29) is 5.82 Å². The molecule has 2 nitrogen and oxygen atoms in total. The number of benzene rings is 1. The predicted molar refractivity (Wildman–Crippen MR) is 57.5 cm³/mol. The van der Waals surface area contributed by atoms with Gasteiger partial charge in [-0.2, -0.15) is 0 Å². The molecule has 0 spiro atoms. The summed E-state index contributed by atoms with van der Waals surface area (Å²) in [6.07, 6.45) is 1.64. The first-order valence-electron chi connectivity index (χ1n) is 4.57. The van der Waals surface area contributed by atoms with Crippen molar-refractivity contribution in [3.05, 3.63) is 36.3 Å². The molecule has 2 rings (SSSR count). The number of anilines is 1. The van der Waals surface area contributed by atoms with Gasteiger partial charge in [-0.25, -0.2) is 4.39 Å². The van der Waals surface area contributed by atoms with Crippen LogP contribution < -0.4 is 5.73 Å². The van der Waals surface area contributed by atoms with E-state index in [1.165, 1.54) is 12.1 Å². The summed E-state index contributed by atoms with van der Waals surface area (Å²) in [6, 6.07) is 6.22. The van der Waals surface area contributed by atoms with Crippen LogP contribution in [0.5, 0.6) is 0 Å². The van der Waals surface area contributed by atoms with Crippen LogP contribution in [0.4, 0.5) is 10.1 Å². The number of hydrogen-bond acceptors (Lipinski definition) is 2. The lowest BCUT2D eigenvalue weighted by Gasteiger charge is -1.99. The molecule has 0 unspecified atom stereocenters. The minimum atomic E-state index is -0.326. The summed E-state index contributed by atoms with van der Waals surface area (Å²) in [5, 5.41) is 0.731. The van der Waals surface area contributed by atoms with Gasteiger partial charge in [0.2, 0.25) is 0 Å². The van der Waals surface area contributed by atoms with Gasteiger partial charge in [0.15, 0.2) is 0 Å². The molecule has 2 aromatic rings. The van der Waals surface area contributed by atoms with Crippen LogP contribution in [-0.4, -0.2) is 4.98 Å². The fraction of sp³-hybridized carbons (Fsp3) is 0.182. The van der Waals surface area contributed by atoms with Crippen LogP contribution in [-0.2, 0) is 0 Å². The first-order chi connectivity index (χ1) is 6.77. The Morgan fingerprint density at radius 3 is 2.71 bits per heavy atom. The van der Waals surface area contributed by atoms with E-state index in [4.69, 9.17) is 5.73 Å². The minimum absolute atomic E-state index is 0.326. The largest absolute Gasteiger partial charge is 0.397 e. The number of nitrogens with two attached hydrogens (primary N) is 1. The van der Waals surface area contributed by atoms with Crippen molar-refractivity contribution in [1.82, 2.24) is 4.98 Å². The van der Waals surface area contributed by atoms with Crippen molar-refractivity contribution in [2.45, 2.75) is 13.8 Å². The molecule has 0 aliphatic rings. The Kier molecular flexibility index (Phi) is 3.40. The van der Waals surface area contributed by atoms with Crippen LogP contribution >= 0.6 is 0 Å². The van der Waals surface area contributed by atoms with Gasteiger partial charge in [-0.3, -0.25) is 4.98 Å². The van der Waals surface area contributed by atoms with Crippen molar-refractivity contribution in [1.29, 1.82) is 0 Å². The Morgan fingerprint density at radius 2 is 2.00 bits per heavy atom. The van der Waals surface area contributed by atoms with Crippen LogP contribution in [0, 0.1) is 5.82 Å². The molecule has 0 saturated carbocycles. The molecule has 1 aromatic carbocycles. The second-order valence-corrected chi connectivity index (χ2v) is 2.57. The van der Waals surface area contributed by atoms with E-state index in [0.29, 0.717) is 11.2 Å². The highest BCUT2D eigenvalue weighted by molar-refractivity contribution is 5.88. The van der Waals surface area contributed by atoms with Crippen molar-refractivity contribution < 1.29 is 4.39 Å². The molecule has 0 amide bonds. The molecule has 74 valence electrons. The zero-order valence-corrected chi connectivity index (χ0v) is 8.29. The van der Waals surface area contributed by atoms with Crippen LogP contribution in [0.1, 0.15) is 13.8 Å². The van der Waals surface area contributed by atoms with Gasteiger partial charge in [-0.05, 0) is 18.2 Å². The Labute approximate surface area is 82.6 Å². The molecular formula is C11H13FN2. The summed E-state index contributed by atoms with van der Waals surface area (Å²) in [7, 11) is 0. The van der Waals surface area contributed by atoms with Crippen molar-refractivity contribution >= 4 is 16.6 Å². The van der Waals surface area contributed by atoms with E-state index in [1.807, 2.05) is 13.8 Å². The Morgan fingerprint density at radius 1 is 1.29 bits per heavy atom.